The van der Waals surface area contributed by atoms with E-state index in [2.05, 4.69) is 10.0 Å². The van der Waals surface area contributed by atoms with Gasteiger partial charge in [-0.05, 0) is 50.2 Å². The smallest absolute Gasteiger partial charge is 0.255 e. The van der Waals surface area contributed by atoms with Gasteiger partial charge in [0.25, 0.3) is 11.7 Å². The third kappa shape index (κ3) is 3.82. The molecule has 2 aliphatic rings. The summed E-state index contributed by atoms with van der Waals surface area (Å²) in [6, 6.07) is 9.48. The molecule has 1 fully saturated rings. The van der Waals surface area contributed by atoms with Gasteiger partial charge in [0.1, 0.15) is 10.6 Å². The summed E-state index contributed by atoms with van der Waals surface area (Å²) < 4.78 is 44.0. The molecule has 4 rings (SSSR count). The van der Waals surface area contributed by atoms with Crippen LogP contribution in [-0.4, -0.2) is 34.3 Å². The summed E-state index contributed by atoms with van der Waals surface area (Å²) >= 11 is 0. The van der Waals surface area contributed by atoms with Gasteiger partial charge < -0.3 is 19.5 Å². The van der Waals surface area contributed by atoms with E-state index < -0.39 is 21.7 Å². The van der Waals surface area contributed by atoms with Gasteiger partial charge in [-0.2, -0.15) is 0 Å². The molecule has 0 bridgehead atoms. The van der Waals surface area contributed by atoms with Crippen LogP contribution in [0.5, 0.6) is 17.2 Å². The number of carbonyl (C=O) groups is 1. The van der Waals surface area contributed by atoms with Crippen LogP contribution < -0.4 is 24.2 Å². The second kappa shape index (κ2) is 7.81. The van der Waals surface area contributed by atoms with Crippen LogP contribution in [0.25, 0.3) is 0 Å². The topological polar surface area (TPSA) is 103 Å². The van der Waals surface area contributed by atoms with Gasteiger partial charge in [-0.25, -0.2) is 13.1 Å². The molecule has 1 saturated carbocycles. The number of fused-ring (bicyclic) bond motifs is 1. The number of hydrogen-bond acceptors (Lipinski definition) is 6. The highest BCUT2D eigenvalue weighted by Crippen LogP contribution is 2.46. The predicted molar refractivity (Wildman–Crippen MR) is 111 cm³/mol. The van der Waals surface area contributed by atoms with E-state index in [-0.39, 0.29) is 16.2 Å². The van der Waals surface area contributed by atoms with E-state index in [0.29, 0.717) is 17.2 Å². The lowest BCUT2D eigenvalue weighted by Gasteiger charge is -2.31. The van der Waals surface area contributed by atoms with Crippen molar-refractivity contribution in [1.82, 2.24) is 4.72 Å². The van der Waals surface area contributed by atoms with Crippen molar-refractivity contribution in [2.45, 2.75) is 42.8 Å². The van der Waals surface area contributed by atoms with Crippen molar-refractivity contribution in [2.75, 3.05) is 19.5 Å². The van der Waals surface area contributed by atoms with Crippen LogP contribution in [0.1, 0.15) is 42.5 Å². The first-order valence-electron chi connectivity index (χ1n) is 9.81. The highest BCUT2D eigenvalue weighted by molar-refractivity contribution is 7.89. The van der Waals surface area contributed by atoms with Crippen molar-refractivity contribution in [2.24, 2.45) is 0 Å². The summed E-state index contributed by atoms with van der Waals surface area (Å²) in [6.45, 7) is 0. The molecule has 2 aromatic carbocycles. The minimum atomic E-state index is -3.79. The van der Waals surface area contributed by atoms with Crippen molar-refractivity contribution in [3.63, 3.8) is 0 Å². The zero-order valence-electron chi connectivity index (χ0n) is 16.9. The maximum Gasteiger partial charge on any atom is 0.255 e. The zero-order valence-corrected chi connectivity index (χ0v) is 17.7. The van der Waals surface area contributed by atoms with E-state index in [1.807, 2.05) is 0 Å². The van der Waals surface area contributed by atoms with Crippen LogP contribution >= 0.6 is 0 Å². The second-order valence-electron chi connectivity index (χ2n) is 7.36. The normalized spacial score (nSPS) is 17.0. The molecule has 1 amide bonds. The molecule has 0 aromatic heterocycles. The average molecular weight is 432 g/mol. The van der Waals surface area contributed by atoms with E-state index >= 15 is 0 Å². The highest BCUT2D eigenvalue weighted by Gasteiger charge is 2.42. The molecule has 0 radical (unpaired) electrons. The summed E-state index contributed by atoms with van der Waals surface area (Å²) in [5.74, 6) is 0.387. The quantitative estimate of drug-likeness (QED) is 0.752. The van der Waals surface area contributed by atoms with Gasteiger partial charge in [-0.15, -0.1) is 0 Å². The van der Waals surface area contributed by atoms with E-state index in [4.69, 9.17) is 14.2 Å². The van der Waals surface area contributed by atoms with Crippen molar-refractivity contribution < 1.29 is 27.4 Å². The van der Waals surface area contributed by atoms with Gasteiger partial charge in [-0.3, -0.25) is 4.79 Å². The molecule has 30 heavy (non-hydrogen) atoms. The summed E-state index contributed by atoms with van der Waals surface area (Å²) in [6.07, 6.45) is 4.99. The molecule has 9 heteroatoms. The Hall–Kier alpha value is -2.78. The first kappa shape index (κ1) is 20.5. The maximum absolute atomic E-state index is 12.7. The number of anilines is 1. The summed E-state index contributed by atoms with van der Waals surface area (Å²) in [4.78, 5) is 12.6. The third-order valence-electron chi connectivity index (χ3n) is 5.39. The fourth-order valence-electron chi connectivity index (χ4n) is 3.81. The lowest BCUT2D eigenvalue weighted by Crippen LogP contribution is -2.40. The van der Waals surface area contributed by atoms with Crippen molar-refractivity contribution in [1.29, 1.82) is 0 Å². The van der Waals surface area contributed by atoms with Crippen molar-refractivity contribution >= 4 is 21.6 Å². The molecule has 1 spiro atoms. The minimum absolute atomic E-state index is 0.106. The Labute approximate surface area is 175 Å². The Morgan fingerprint density at radius 3 is 2.47 bits per heavy atom. The number of nitrogens with one attached hydrogen (secondary N) is 2. The van der Waals surface area contributed by atoms with Gasteiger partial charge in [0.15, 0.2) is 11.5 Å². The first-order chi connectivity index (χ1) is 14.4. The predicted octanol–water partition coefficient (Wildman–Crippen LogP) is 3.29. The van der Waals surface area contributed by atoms with Crippen LogP contribution in [0.3, 0.4) is 0 Å². The SMILES string of the molecule is CNS(=O)(=O)c1cc(C(=O)Nc2ccc3c(c2)OC2(CCCCC2)O3)ccc1OC. The van der Waals surface area contributed by atoms with Crippen LogP contribution in [-0.2, 0) is 10.0 Å². The molecule has 2 aromatic rings. The first-order valence-corrected chi connectivity index (χ1v) is 11.3. The van der Waals surface area contributed by atoms with Gasteiger partial charge in [-0.1, -0.05) is 6.42 Å². The van der Waals surface area contributed by atoms with Crippen LogP contribution in [0.2, 0.25) is 0 Å². The number of hydrogen-bond donors (Lipinski definition) is 2. The number of benzene rings is 2. The molecule has 0 atom stereocenters. The number of sulfonamides is 1. The molecule has 160 valence electrons. The van der Waals surface area contributed by atoms with Gasteiger partial charge in [0.05, 0.1) is 7.11 Å². The molecular weight excluding hydrogens is 408 g/mol. The monoisotopic (exact) mass is 432 g/mol. The third-order valence-corrected chi connectivity index (χ3v) is 6.83. The lowest BCUT2D eigenvalue weighted by atomic mass is 9.94. The Balaban J connectivity index is 1.54. The summed E-state index contributed by atoms with van der Waals surface area (Å²) in [5, 5.41) is 2.78. The van der Waals surface area contributed by atoms with Gasteiger partial charge in [0.2, 0.25) is 10.0 Å². The molecule has 0 saturated heterocycles. The average Bonchev–Trinajstić information content (AvgIpc) is 3.10. The van der Waals surface area contributed by atoms with E-state index in [1.54, 1.807) is 18.2 Å². The molecule has 1 aliphatic heterocycles. The van der Waals surface area contributed by atoms with E-state index in [9.17, 15) is 13.2 Å². The largest absolute Gasteiger partial charge is 0.495 e. The number of rotatable bonds is 5. The summed E-state index contributed by atoms with van der Waals surface area (Å²) in [7, 11) is -1.12. The molecule has 8 nitrogen and oxygen atoms in total. The fraction of sp³-hybridized carbons (Fsp3) is 0.381. The Morgan fingerprint density at radius 2 is 1.77 bits per heavy atom. The fourth-order valence-corrected chi connectivity index (χ4v) is 4.73. The van der Waals surface area contributed by atoms with Crippen LogP contribution in [0.4, 0.5) is 5.69 Å². The van der Waals surface area contributed by atoms with E-state index in [1.165, 1.54) is 38.8 Å². The molecule has 1 aliphatic carbocycles. The number of amides is 1. The molecule has 1 heterocycles. The van der Waals surface area contributed by atoms with Crippen LogP contribution in [0, 0.1) is 0 Å². The second-order valence-corrected chi connectivity index (χ2v) is 9.22. The lowest BCUT2D eigenvalue weighted by molar-refractivity contribution is -0.105. The van der Waals surface area contributed by atoms with Gasteiger partial charge >= 0.3 is 0 Å². The Bertz CT molecular complexity index is 1080. The number of ether oxygens (including phenoxy) is 3. The number of carbonyl (C=O) groups excluding carboxylic acids is 1. The minimum Gasteiger partial charge on any atom is -0.495 e. The Morgan fingerprint density at radius 1 is 1.03 bits per heavy atom. The van der Waals surface area contributed by atoms with Crippen molar-refractivity contribution in [3.05, 3.63) is 42.0 Å². The number of methoxy groups -OCH3 is 1. The van der Waals surface area contributed by atoms with Gasteiger partial charge in [0, 0.05) is 30.2 Å². The van der Waals surface area contributed by atoms with E-state index in [0.717, 1.165) is 25.7 Å². The van der Waals surface area contributed by atoms with Crippen LogP contribution in [0.15, 0.2) is 41.3 Å². The molecular formula is C21H24N2O6S. The molecule has 2 N–H and O–H groups in total. The van der Waals surface area contributed by atoms with Crippen molar-refractivity contribution in [3.8, 4) is 17.2 Å². The molecule has 0 unspecified atom stereocenters. The zero-order chi connectivity index (χ0) is 21.4. The standard InChI is InChI=1S/C21H24N2O6S/c1-22-30(25,26)19-12-14(6-8-17(19)27-2)20(24)23-15-7-9-16-18(13-15)29-21(28-16)10-4-3-5-11-21/h6-9,12-13,22H,3-5,10-11H2,1-2H3,(H,23,24). The maximum atomic E-state index is 12.7. The highest BCUT2D eigenvalue weighted by atomic mass is 32.2. The summed E-state index contributed by atoms with van der Waals surface area (Å²) in [5.41, 5.74) is 0.718. The Kier molecular flexibility index (Phi) is 5.33.